The maximum Gasteiger partial charge on any atom is 0.275 e. The fraction of sp³-hybridized carbons (Fsp3) is 0.389. The molecule has 0 saturated carbocycles. The molecule has 3 rings (SSSR count). The van der Waals surface area contributed by atoms with Crippen molar-refractivity contribution in [3.63, 3.8) is 0 Å². The summed E-state index contributed by atoms with van der Waals surface area (Å²) in [6.45, 7) is 2.64. The van der Waals surface area contributed by atoms with E-state index in [1.54, 1.807) is 28.5 Å². The third-order valence-corrected chi connectivity index (χ3v) is 5.04. The number of ether oxygens (including phenoxy) is 2. The van der Waals surface area contributed by atoms with Gasteiger partial charge < -0.3 is 25.4 Å². The second-order valence-electron chi connectivity index (χ2n) is 5.94. The molecule has 9 heteroatoms. The maximum atomic E-state index is 12.7. The number of carbonyl (C=O) groups is 2. The topological polar surface area (TPSA) is 107 Å². The molecule has 27 heavy (non-hydrogen) atoms. The number of hydrogen-bond donors (Lipinski definition) is 2. The van der Waals surface area contributed by atoms with Crippen LogP contribution in [-0.2, 0) is 11.2 Å². The van der Waals surface area contributed by atoms with Crippen molar-refractivity contribution in [3.05, 3.63) is 39.8 Å². The average molecular weight is 390 g/mol. The number of anilines is 1. The van der Waals surface area contributed by atoms with Crippen molar-refractivity contribution < 1.29 is 19.1 Å². The molecular weight excluding hydrogens is 368 g/mol. The number of thiazole rings is 1. The van der Waals surface area contributed by atoms with E-state index in [0.29, 0.717) is 62.0 Å². The van der Waals surface area contributed by atoms with E-state index in [1.165, 1.54) is 18.4 Å². The number of amides is 2. The zero-order valence-corrected chi connectivity index (χ0v) is 15.9. The van der Waals surface area contributed by atoms with Crippen LogP contribution >= 0.6 is 11.3 Å². The fourth-order valence-corrected chi connectivity index (χ4v) is 3.52. The summed E-state index contributed by atoms with van der Waals surface area (Å²) in [5.41, 5.74) is 6.74. The quantitative estimate of drug-likeness (QED) is 0.772. The Bertz CT molecular complexity index is 817. The van der Waals surface area contributed by atoms with Gasteiger partial charge in [0, 0.05) is 30.5 Å². The lowest BCUT2D eigenvalue weighted by Gasteiger charge is -2.27. The van der Waals surface area contributed by atoms with Gasteiger partial charge in [-0.2, -0.15) is 0 Å². The molecule has 1 aliphatic heterocycles. The second kappa shape index (κ2) is 8.94. The van der Waals surface area contributed by atoms with Gasteiger partial charge in [0.2, 0.25) is 0 Å². The summed E-state index contributed by atoms with van der Waals surface area (Å²) >= 11 is 1.39. The predicted molar refractivity (Wildman–Crippen MR) is 103 cm³/mol. The molecule has 144 valence electrons. The molecule has 0 radical (unpaired) electrons. The van der Waals surface area contributed by atoms with Gasteiger partial charge in [0.1, 0.15) is 11.4 Å². The average Bonchev–Trinajstić information content (AvgIpc) is 3.17. The minimum absolute atomic E-state index is 0.102. The Balaban J connectivity index is 1.78. The number of nitrogens with one attached hydrogen (secondary N) is 1. The Hall–Kier alpha value is -2.49. The molecular formula is C18H22N4O4S. The molecule has 8 nitrogen and oxygen atoms in total. The van der Waals surface area contributed by atoms with Crippen molar-refractivity contribution >= 4 is 28.8 Å². The molecule has 0 atom stereocenters. The van der Waals surface area contributed by atoms with Gasteiger partial charge >= 0.3 is 0 Å². The van der Waals surface area contributed by atoms with Crippen LogP contribution < -0.4 is 15.8 Å². The maximum absolute atomic E-state index is 12.7. The minimum atomic E-state index is -0.358. The number of hydrogen-bond acceptors (Lipinski definition) is 7. The van der Waals surface area contributed by atoms with Crippen molar-refractivity contribution in [3.8, 4) is 5.75 Å². The van der Waals surface area contributed by atoms with Crippen molar-refractivity contribution in [2.24, 2.45) is 5.73 Å². The van der Waals surface area contributed by atoms with Crippen LogP contribution in [-0.4, -0.2) is 61.7 Å². The molecule has 2 amide bonds. The van der Waals surface area contributed by atoms with Gasteiger partial charge in [0.15, 0.2) is 0 Å². The third-order valence-electron chi connectivity index (χ3n) is 4.14. The Morgan fingerprint density at radius 1 is 1.37 bits per heavy atom. The molecule has 2 heterocycles. The smallest absolute Gasteiger partial charge is 0.275 e. The highest BCUT2D eigenvalue weighted by molar-refractivity contribution is 7.09. The monoisotopic (exact) mass is 390 g/mol. The number of benzene rings is 1. The Kier molecular flexibility index (Phi) is 6.38. The number of methoxy groups -OCH3 is 1. The van der Waals surface area contributed by atoms with Gasteiger partial charge in [-0.05, 0) is 24.7 Å². The number of morpholine rings is 1. The van der Waals surface area contributed by atoms with Crippen LogP contribution in [0.4, 0.5) is 5.69 Å². The van der Waals surface area contributed by atoms with Crippen molar-refractivity contribution in [1.29, 1.82) is 0 Å². The highest BCUT2D eigenvalue weighted by Crippen LogP contribution is 2.27. The number of carbonyl (C=O) groups excluding carboxylic acids is 2. The first-order chi connectivity index (χ1) is 13.1. The summed E-state index contributed by atoms with van der Waals surface area (Å²) in [6.07, 6.45) is 0.630. The van der Waals surface area contributed by atoms with Gasteiger partial charge in [0.25, 0.3) is 11.8 Å². The molecule has 1 aliphatic rings. The summed E-state index contributed by atoms with van der Waals surface area (Å²) in [5.74, 6) is 0.0124. The molecule has 0 spiro atoms. The summed E-state index contributed by atoms with van der Waals surface area (Å²) in [5, 5.41) is 5.29. The summed E-state index contributed by atoms with van der Waals surface area (Å²) < 4.78 is 10.6. The van der Waals surface area contributed by atoms with Crippen molar-refractivity contribution in [2.75, 3.05) is 45.3 Å². The van der Waals surface area contributed by atoms with Gasteiger partial charge in [-0.1, -0.05) is 0 Å². The largest absolute Gasteiger partial charge is 0.495 e. The second-order valence-corrected chi connectivity index (χ2v) is 6.88. The van der Waals surface area contributed by atoms with Crippen molar-refractivity contribution in [2.45, 2.75) is 6.42 Å². The normalized spacial score (nSPS) is 14.1. The number of nitrogens with two attached hydrogens (primary N) is 1. The molecule has 1 aromatic heterocycles. The Morgan fingerprint density at radius 3 is 2.85 bits per heavy atom. The van der Waals surface area contributed by atoms with Crippen LogP contribution in [0.2, 0.25) is 0 Å². The Labute approximate surface area is 161 Å². The van der Waals surface area contributed by atoms with Crippen LogP contribution in [0.5, 0.6) is 5.75 Å². The number of nitrogens with zero attached hydrogens (tertiary/aromatic N) is 2. The predicted octanol–water partition coefficient (Wildman–Crippen LogP) is 1.38. The summed E-state index contributed by atoms with van der Waals surface area (Å²) in [6, 6.07) is 4.99. The van der Waals surface area contributed by atoms with Gasteiger partial charge in [-0.3, -0.25) is 9.59 Å². The summed E-state index contributed by atoms with van der Waals surface area (Å²) in [7, 11) is 1.51. The van der Waals surface area contributed by atoms with E-state index < -0.39 is 0 Å². The van der Waals surface area contributed by atoms with E-state index >= 15 is 0 Å². The highest BCUT2D eigenvalue weighted by Gasteiger charge is 2.21. The summed E-state index contributed by atoms with van der Waals surface area (Å²) in [4.78, 5) is 31.2. The van der Waals surface area contributed by atoms with Crippen molar-refractivity contribution in [1.82, 2.24) is 9.88 Å². The molecule has 1 saturated heterocycles. The van der Waals surface area contributed by atoms with E-state index in [-0.39, 0.29) is 11.8 Å². The number of aromatic nitrogens is 1. The Morgan fingerprint density at radius 2 is 2.15 bits per heavy atom. The lowest BCUT2D eigenvalue weighted by atomic mass is 10.1. The van der Waals surface area contributed by atoms with Crippen LogP contribution in [0.25, 0.3) is 0 Å². The van der Waals surface area contributed by atoms with E-state index in [9.17, 15) is 9.59 Å². The molecule has 1 aromatic carbocycles. The van der Waals surface area contributed by atoms with Gasteiger partial charge in [-0.15, -0.1) is 11.3 Å². The SMILES string of the molecule is COc1ccc(C(=O)N2CCOCC2)cc1NC(=O)c1csc(CCN)n1. The standard InChI is InChI=1S/C18H22N4O4S/c1-25-15-3-2-12(18(24)22-6-8-26-9-7-22)10-13(15)21-17(23)14-11-27-16(20-14)4-5-19/h2-3,10-11H,4-9,19H2,1H3,(H,21,23). The molecule has 0 bridgehead atoms. The van der Waals surface area contributed by atoms with Crippen LogP contribution in [0.1, 0.15) is 25.9 Å². The molecule has 2 aromatic rings. The van der Waals surface area contributed by atoms with Crippen LogP contribution in [0, 0.1) is 0 Å². The van der Waals surface area contributed by atoms with E-state index in [1.807, 2.05) is 0 Å². The lowest BCUT2D eigenvalue weighted by molar-refractivity contribution is 0.0303. The number of rotatable bonds is 6. The highest BCUT2D eigenvalue weighted by atomic mass is 32.1. The van der Waals surface area contributed by atoms with Crippen LogP contribution in [0.3, 0.4) is 0 Å². The first kappa shape index (κ1) is 19.3. The fourth-order valence-electron chi connectivity index (χ4n) is 2.73. The molecule has 1 fully saturated rings. The molecule has 0 unspecified atom stereocenters. The third kappa shape index (κ3) is 4.62. The van der Waals surface area contributed by atoms with Gasteiger partial charge in [-0.25, -0.2) is 4.98 Å². The molecule has 3 N–H and O–H groups in total. The van der Waals surface area contributed by atoms with E-state index in [4.69, 9.17) is 15.2 Å². The van der Waals surface area contributed by atoms with Crippen LogP contribution in [0.15, 0.2) is 23.6 Å². The first-order valence-corrected chi connectivity index (χ1v) is 9.51. The first-order valence-electron chi connectivity index (χ1n) is 8.63. The zero-order chi connectivity index (χ0) is 19.2. The zero-order valence-electron chi connectivity index (χ0n) is 15.1. The van der Waals surface area contributed by atoms with E-state index in [2.05, 4.69) is 10.3 Å². The van der Waals surface area contributed by atoms with E-state index in [0.717, 1.165) is 5.01 Å². The molecule has 0 aliphatic carbocycles. The van der Waals surface area contributed by atoms with Gasteiger partial charge in [0.05, 0.1) is 31.0 Å². The minimum Gasteiger partial charge on any atom is -0.495 e. The lowest BCUT2D eigenvalue weighted by Crippen LogP contribution is -2.40.